The maximum atomic E-state index is 13.7. The highest BCUT2D eigenvalue weighted by molar-refractivity contribution is 5.18. The van der Waals surface area contributed by atoms with Crippen molar-refractivity contribution in [1.29, 1.82) is 0 Å². The number of hydrogen-bond acceptors (Lipinski definition) is 3. The van der Waals surface area contributed by atoms with Gasteiger partial charge in [-0.1, -0.05) is 18.2 Å². The van der Waals surface area contributed by atoms with Crippen LogP contribution in [0.5, 0.6) is 0 Å². The Balaban J connectivity index is 1.71. The third kappa shape index (κ3) is 2.67. The predicted molar refractivity (Wildman–Crippen MR) is 73.1 cm³/mol. The number of nitrogens with zero attached hydrogens (tertiary/aromatic N) is 1. The van der Waals surface area contributed by atoms with E-state index in [1.807, 2.05) is 6.07 Å². The van der Waals surface area contributed by atoms with Crippen LogP contribution in [0.15, 0.2) is 45.9 Å². The third-order valence-corrected chi connectivity index (χ3v) is 3.83. The van der Waals surface area contributed by atoms with Gasteiger partial charge in [0.25, 0.3) is 5.56 Å². The Hall–Kier alpha value is -1.88. The molecule has 20 heavy (non-hydrogen) atoms. The summed E-state index contributed by atoms with van der Waals surface area (Å²) in [6.07, 6.45) is 3.65. The molecule has 0 amide bonds. The fraction of sp³-hybridized carbons (Fsp3) is 0.400. The largest absolute Gasteiger partial charge is 0.384 e. The van der Waals surface area contributed by atoms with Crippen LogP contribution in [0.4, 0.5) is 4.39 Å². The second-order valence-corrected chi connectivity index (χ2v) is 5.20. The van der Waals surface area contributed by atoms with Crippen LogP contribution in [0.2, 0.25) is 0 Å². The maximum absolute atomic E-state index is 13.7. The van der Waals surface area contributed by atoms with E-state index in [1.54, 1.807) is 12.1 Å². The van der Waals surface area contributed by atoms with Crippen LogP contribution in [-0.2, 0) is 6.42 Å². The van der Waals surface area contributed by atoms with E-state index in [9.17, 15) is 9.18 Å². The van der Waals surface area contributed by atoms with Crippen LogP contribution in [-0.4, -0.2) is 17.3 Å². The first-order chi connectivity index (χ1) is 9.74. The van der Waals surface area contributed by atoms with E-state index < -0.39 is 0 Å². The summed E-state index contributed by atoms with van der Waals surface area (Å²) < 4.78 is 20.3. The van der Waals surface area contributed by atoms with Gasteiger partial charge in [0.15, 0.2) is 0 Å². The molecule has 1 aliphatic heterocycles. The lowest BCUT2D eigenvalue weighted by molar-refractivity contribution is 0.160. The monoisotopic (exact) mass is 276 g/mol. The van der Waals surface area contributed by atoms with Crippen LogP contribution in [0.3, 0.4) is 0 Å². The first-order valence-electron chi connectivity index (χ1n) is 6.87. The lowest BCUT2D eigenvalue weighted by Gasteiger charge is -2.29. The van der Waals surface area contributed by atoms with Gasteiger partial charge in [-0.05, 0) is 37.4 Å². The Kier molecular flexibility index (Phi) is 3.69. The SMILES string of the molecule is O=c1ccon1[C@H]1CCN[C@H](Cc2ccccc2F)C1. The molecule has 1 aromatic heterocycles. The molecule has 1 aromatic carbocycles. The molecule has 0 saturated carbocycles. The minimum atomic E-state index is -0.174. The number of benzene rings is 1. The number of halogens is 1. The number of rotatable bonds is 3. The molecule has 1 fully saturated rings. The molecular weight excluding hydrogens is 259 g/mol. The minimum absolute atomic E-state index is 0.0514. The van der Waals surface area contributed by atoms with Gasteiger partial charge in [0.2, 0.25) is 0 Å². The van der Waals surface area contributed by atoms with Crippen molar-refractivity contribution in [3.05, 3.63) is 58.3 Å². The van der Waals surface area contributed by atoms with Gasteiger partial charge in [-0.25, -0.2) is 4.39 Å². The van der Waals surface area contributed by atoms with E-state index in [4.69, 9.17) is 4.52 Å². The molecule has 3 rings (SSSR count). The molecule has 2 atom stereocenters. The quantitative estimate of drug-likeness (QED) is 0.934. The lowest BCUT2D eigenvalue weighted by Crippen LogP contribution is -2.41. The van der Waals surface area contributed by atoms with E-state index in [0.29, 0.717) is 12.0 Å². The normalized spacial score (nSPS) is 22.9. The van der Waals surface area contributed by atoms with Gasteiger partial charge in [-0.3, -0.25) is 4.79 Å². The Morgan fingerprint density at radius 3 is 2.95 bits per heavy atom. The average molecular weight is 276 g/mol. The van der Waals surface area contributed by atoms with Crippen LogP contribution in [0.1, 0.15) is 24.4 Å². The molecule has 5 heteroatoms. The van der Waals surface area contributed by atoms with Gasteiger partial charge in [0, 0.05) is 12.1 Å². The van der Waals surface area contributed by atoms with Gasteiger partial charge in [0.05, 0.1) is 6.04 Å². The Morgan fingerprint density at radius 1 is 1.35 bits per heavy atom. The Morgan fingerprint density at radius 2 is 2.20 bits per heavy atom. The lowest BCUT2D eigenvalue weighted by atomic mass is 9.94. The highest BCUT2D eigenvalue weighted by atomic mass is 19.1. The Bertz CT molecular complexity index is 635. The van der Waals surface area contributed by atoms with E-state index in [2.05, 4.69) is 5.32 Å². The van der Waals surface area contributed by atoms with Gasteiger partial charge in [-0.2, -0.15) is 4.74 Å². The van der Waals surface area contributed by atoms with Crippen molar-refractivity contribution in [2.24, 2.45) is 0 Å². The molecule has 0 bridgehead atoms. The van der Waals surface area contributed by atoms with Gasteiger partial charge in [-0.15, -0.1) is 0 Å². The predicted octanol–water partition coefficient (Wildman–Crippen LogP) is 2.12. The summed E-state index contributed by atoms with van der Waals surface area (Å²) in [7, 11) is 0. The highest BCUT2D eigenvalue weighted by Crippen LogP contribution is 2.23. The molecule has 1 N–H and O–H groups in total. The molecule has 2 heterocycles. The van der Waals surface area contributed by atoms with Gasteiger partial charge >= 0.3 is 0 Å². The minimum Gasteiger partial charge on any atom is -0.384 e. The second kappa shape index (κ2) is 5.63. The summed E-state index contributed by atoms with van der Waals surface area (Å²) in [5.74, 6) is -0.174. The van der Waals surface area contributed by atoms with Crippen molar-refractivity contribution < 1.29 is 8.91 Å². The summed E-state index contributed by atoms with van der Waals surface area (Å²) in [6, 6.07) is 8.45. The standard InChI is InChI=1S/C15H17FN2O2/c16-14-4-2-1-3-11(14)9-12-10-13(5-7-17-12)18-15(19)6-8-20-18/h1-4,6,8,12-13,17H,5,7,9-10H2/t12-,13+/m1/s1. The van der Waals surface area contributed by atoms with E-state index >= 15 is 0 Å². The average Bonchev–Trinajstić information content (AvgIpc) is 2.88. The first-order valence-corrected chi connectivity index (χ1v) is 6.87. The van der Waals surface area contributed by atoms with Crippen LogP contribution in [0.25, 0.3) is 0 Å². The molecule has 0 radical (unpaired) electrons. The zero-order valence-corrected chi connectivity index (χ0v) is 11.1. The molecule has 1 saturated heterocycles. The number of aromatic nitrogens is 1. The van der Waals surface area contributed by atoms with E-state index in [0.717, 1.165) is 19.4 Å². The third-order valence-electron chi connectivity index (χ3n) is 3.83. The zero-order chi connectivity index (χ0) is 13.9. The van der Waals surface area contributed by atoms with Crippen LogP contribution < -0.4 is 10.9 Å². The van der Waals surface area contributed by atoms with Gasteiger partial charge < -0.3 is 9.84 Å². The van der Waals surface area contributed by atoms with Crippen molar-refractivity contribution in [1.82, 2.24) is 10.1 Å². The molecular formula is C15H17FN2O2. The van der Waals surface area contributed by atoms with Crippen molar-refractivity contribution in [3.8, 4) is 0 Å². The fourth-order valence-electron chi connectivity index (χ4n) is 2.83. The van der Waals surface area contributed by atoms with E-state index in [-0.39, 0.29) is 23.5 Å². The molecule has 0 aliphatic carbocycles. The zero-order valence-electron chi connectivity index (χ0n) is 11.1. The second-order valence-electron chi connectivity index (χ2n) is 5.20. The summed E-state index contributed by atoms with van der Waals surface area (Å²) in [5.41, 5.74) is 0.596. The molecule has 0 unspecified atom stereocenters. The molecule has 0 spiro atoms. The summed E-state index contributed by atoms with van der Waals surface area (Å²) in [4.78, 5) is 11.6. The maximum Gasteiger partial charge on any atom is 0.282 e. The molecule has 2 aromatic rings. The first kappa shape index (κ1) is 13.1. The summed E-state index contributed by atoms with van der Waals surface area (Å²) in [5, 5.41) is 3.38. The topological polar surface area (TPSA) is 47.2 Å². The smallest absolute Gasteiger partial charge is 0.282 e. The number of hydrogen-bond donors (Lipinski definition) is 1. The molecule has 1 aliphatic rings. The van der Waals surface area contributed by atoms with Crippen molar-refractivity contribution in [2.75, 3.05) is 6.54 Å². The number of nitrogens with one attached hydrogen (secondary N) is 1. The van der Waals surface area contributed by atoms with Crippen molar-refractivity contribution in [3.63, 3.8) is 0 Å². The van der Waals surface area contributed by atoms with E-state index in [1.165, 1.54) is 23.1 Å². The number of piperidine rings is 1. The van der Waals surface area contributed by atoms with Crippen LogP contribution in [0, 0.1) is 5.82 Å². The van der Waals surface area contributed by atoms with Crippen molar-refractivity contribution >= 4 is 0 Å². The van der Waals surface area contributed by atoms with Gasteiger partial charge in [0.1, 0.15) is 12.1 Å². The molecule has 106 valence electrons. The van der Waals surface area contributed by atoms with Crippen molar-refractivity contribution in [2.45, 2.75) is 31.3 Å². The fourth-order valence-corrected chi connectivity index (χ4v) is 2.83. The Labute approximate surface area is 116 Å². The highest BCUT2D eigenvalue weighted by Gasteiger charge is 2.25. The van der Waals surface area contributed by atoms with Crippen LogP contribution >= 0.6 is 0 Å². The summed E-state index contributed by atoms with van der Waals surface area (Å²) in [6.45, 7) is 0.803. The molecule has 4 nitrogen and oxygen atoms in total. The summed E-state index contributed by atoms with van der Waals surface area (Å²) >= 11 is 0.